The molecule has 7 rings (SSSR count). The van der Waals surface area contributed by atoms with Crippen LogP contribution in [-0.4, -0.2) is 4.98 Å². The molecule has 0 amide bonds. The molecule has 0 spiro atoms. The molecular formula is C33H20ClNO. The molecule has 7 aromatic rings. The fourth-order valence-corrected chi connectivity index (χ4v) is 4.99. The third-order valence-electron chi connectivity index (χ3n) is 6.79. The number of para-hydroxylation sites is 1. The summed E-state index contributed by atoms with van der Waals surface area (Å²) >= 11 is 6.07. The number of hydrogen-bond donors (Lipinski definition) is 0. The van der Waals surface area contributed by atoms with E-state index in [1.54, 1.807) is 0 Å². The monoisotopic (exact) mass is 481 g/mol. The van der Waals surface area contributed by atoms with Crippen LogP contribution in [-0.2, 0) is 0 Å². The van der Waals surface area contributed by atoms with Crippen LogP contribution >= 0.6 is 11.6 Å². The molecule has 0 unspecified atom stereocenters. The normalized spacial score (nSPS) is 11.5. The van der Waals surface area contributed by atoms with Gasteiger partial charge in [0, 0.05) is 33.1 Å². The molecule has 0 aliphatic rings. The van der Waals surface area contributed by atoms with Crippen molar-refractivity contribution in [2.24, 2.45) is 0 Å². The molecule has 0 aliphatic heterocycles. The van der Waals surface area contributed by atoms with Gasteiger partial charge in [-0.05, 0) is 82.1 Å². The molecule has 2 nitrogen and oxygen atoms in total. The lowest BCUT2D eigenvalue weighted by molar-refractivity contribution is 0.669. The van der Waals surface area contributed by atoms with Gasteiger partial charge in [-0.3, -0.25) is 4.98 Å². The van der Waals surface area contributed by atoms with Crippen LogP contribution in [0.3, 0.4) is 0 Å². The maximum atomic E-state index is 6.07. The van der Waals surface area contributed by atoms with Gasteiger partial charge in [0.15, 0.2) is 0 Å². The predicted octanol–water partition coefficient (Wildman–Crippen LogP) is 9.79. The van der Waals surface area contributed by atoms with E-state index in [1.807, 2.05) is 42.6 Å². The number of aromatic nitrogens is 1. The van der Waals surface area contributed by atoms with Crippen molar-refractivity contribution in [2.75, 3.05) is 0 Å². The van der Waals surface area contributed by atoms with E-state index in [4.69, 9.17) is 21.0 Å². The lowest BCUT2D eigenvalue weighted by Gasteiger charge is -2.08. The topological polar surface area (TPSA) is 26.0 Å². The predicted molar refractivity (Wildman–Crippen MR) is 150 cm³/mol. The minimum Gasteiger partial charge on any atom is -0.456 e. The molecule has 170 valence electrons. The van der Waals surface area contributed by atoms with Gasteiger partial charge in [0.1, 0.15) is 11.2 Å². The van der Waals surface area contributed by atoms with E-state index >= 15 is 0 Å². The smallest absolute Gasteiger partial charge is 0.135 e. The maximum Gasteiger partial charge on any atom is 0.135 e. The number of rotatable bonds is 3. The Morgan fingerprint density at radius 3 is 1.94 bits per heavy atom. The van der Waals surface area contributed by atoms with Crippen molar-refractivity contribution < 1.29 is 4.42 Å². The maximum absolute atomic E-state index is 6.07. The quantitative estimate of drug-likeness (QED) is 0.251. The van der Waals surface area contributed by atoms with Crippen molar-refractivity contribution in [2.45, 2.75) is 0 Å². The van der Waals surface area contributed by atoms with E-state index in [9.17, 15) is 0 Å². The van der Waals surface area contributed by atoms with E-state index in [0.29, 0.717) is 0 Å². The van der Waals surface area contributed by atoms with Gasteiger partial charge in [0.2, 0.25) is 0 Å². The lowest BCUT2D eigenvalue weighted by Crippen LogP contribution is -1.86. The van der Waals surface area contributed by atoms with E-state index in [1.165, 1.54) is 16.3 Å². The van der Waals surface area contributed by atoms with Crippen LogP contribution in [0.15, 0.2) is 126 Å². The Morgan fingerprint density at radius 1 is 0.500 bits per heavy atom. The number of furan rings is 1. The van der Waals surface area contributed by atoms with Crippen LogP contribution in [0.2, 0.25) is 5.02 Å². The van der Waals surface area contributed by atoms with Crippen LogP contribution in [0, 0.1) is 0 Å². The van der Waals surface area contributed by atoms with Crippen LogP contribution in [0.1, 0.15) is 0 Å². The van der Waals surface area contributed by atoms with Gasteiger partial charge >= 0.3 is 0 Å². The van der Waals surface area contributed by atoms with Crippen molar-refractivity contribution in [3.05, 3.63) is 126 Å². The average molecular weight is 482 g/mol. The number of fused-ring (bicyclic) bond motifs is 4. The highest BCUT2D eigenvalue weighted by atomic mass is 35.5. The molecular weight excluding hydrogens is 462 g/mol. The van der Waals surface area contributed by atoms with Gasteiger partial charge in [0.05, 0.1) is 5.69 Å². The molecule has 0 atom stereocenters. The van der Waals surface area contributed by atoms with Crippen molar-refractivity contribution in [1.29, 1.82) is 0 Å². The highest BCUT2D eigenvalue weighted by Crippen LogP contribution is 2.33. The Morgan fingerprint density at radius 2 is 1.17 bits per heavy atom. The summed E-state index contributed by atoms with van der Waals surface area (Å²) in [5.74, 6) is 0. The molecule has 0 saturated heterocycles. The Balaban J connectivity index is 1.23. The number of benzene rings is 5. The van der Waals surface area contributed by atoms with Crippen molar-refractivity contribution in [3.8, 4) is 33.5 Å². The second kappa shape index (κ2) is 8.37. The zero-order chi connectivity index (χ0) is 24.1. The van der Waals surface area contributed by atoms with E-state index in [0.717, 1.165) is 54.9 Å². The molecule has 2 heterocycles. The average Bonchev–Trinajstić information content (AvgIpc) is 3.31. The van der Waals surface area contributed by atoms with E-state index < -0.39 is 0 Å². The molecule has 0 saturated carbocycles. The molecule has 0 fully saturated rings. The minimum absolute atomic E-state index is 0.746. The van der Waals surface area contributed by atoms with E-state index in [-0.39, 0.29) is 0 Å². The fraction of sp³-hybridized carbons (Fsp3) is 0. The summed E-state index contributed by atoms with van der Waals surface area (Å²) in [6, 6.07) is 39.7. The second-order valence-electron chi connectivity index (χ2n) is 9.02. The standard InChI is InChI=1S/C33H20ClNO/c34-28-13-9-21(10-14-28)23-7-5-22-6-8-24(18-27(22)17-23)26-11-15-31(35-20-26)25-12-16-33-30(19-25)29-3-1-2-4-32(29)36-33/h1-20H. The molecule has 0 bridgehead atoms. The number of pyridine rings is 1. The molecule has 2 aromatic heterocycles. The SMILES string of the molecule is Clc1ccc(-c2ccc3ccc(-c4ccc(-c5ccc6oc7ccccc7c6c5)nc4)cc3c2)cc1. The molecule has 3 heteroatoms. The van der Waals surface area contributed by atoms with E-state index in [2.05, 4.69) is 78.9 Å². The third kappa shape index (κ3) is 3.64. The van der Waals surface area contributed by atoms with Crippen LogP contribution in [0.5, 0.6) is 0 Å². The Kier molecular flexibility index (Phi) is 4.87. The van der Waals surface area contributed by atoms with Gasteiger partial charge in [-0.25, -0.2) is 0 Å². The number of halogens is 1. The summed E-state index contributed by atoms with van der Waals surface area (Å²) in [7, 11) is 0. The summed E-state index contributed by atoms with van der Waals surface area (Å²) in [5, 5.41) is 5.39. The van der Waals surface area contributed by atoms with Crippen LogP contribution in [0.25, 0.3) is 66.2 Å². The number of nitrogens with zero attached hydrogens (tertiary/aromatic N) is 1. The molecule has 5 aromatic carbocycles. The first kappa shape index (κ1) is 20.9. The summed E-state index contributed by atoms with van der Waals surface area (Å²) in [6.45, 7) is 0. The fourth-order valence-electron chi connectivity index (χ4n) is 4.87. The molecule has 0 radical (unpaired) electrons. The van der Waals surface area contributed by atoms with Gasteiger partial charge < -0.3 is 4.42 Å². The summed E-state index contributed by atoms with van der Waals surface area (Å²) in [4.78, 5) is 4.81. The van der Waals surface area contributed by atoms with Gasteiger partial charge in [-0.2, -0.15) is 0 Å². The van der Waals surface area contributed by atoms with Gasteiger partial charge in [-0.15, -0.1) is 0 Å². The van der Waals surface area contributed by atoms with Crippen LogP contribution < -0.4 is 0 Å². The summed E-state index contributed by atoms with van der Waals surface area (Å²) in [5.41, 5.74) is 8.38. The van der Waals surface area contributed by atoms with Crippen molar-refractivity contribution in [1.82, 2.24) is 4.98 Å². The third-order valence-corrected chi connectivity index (χ3v) is 7.04. The lowest BCUT2D eigenvalue weighted by atomic mass is 9.98. The van der Waals surface area contributed by atoms with Gasteiger partial charge in [0.25, 0.3) is 0 Å². The Bertz CT molecular complexity index is 1880. The van der Waals surface area contributed by atoms with Gasteiger partial charge in [-0.1, -0.05) is 72.3 Å². The Labute approximate surface area is 213 Å². The first-order chi connectivity index (χ1) is 17.7. The zero-order valence-corrected chi connectivity index (χ0v) is 20.0. The molecule has 0 aliphatic carbocycles. The van der Waals surface area contributed by atoms with Crippen molar-refractivity contribution >= 4 is 44.3 Å². The van der Waals surface area contributed by atoms with Crippen molar-refractivity contribution in [3.63, 3.8) is 0 Å². The summed E-state index contributed by atoms with van der Waals surface area (Å²) < 4.78 is 5.97. The first-order valence-corrected chi connectivity index (χ1v) is 12.3. The highest BCUT2D eigenvalue weighted by molar-refractivity contribution is 6.30. The largest absolute Gasteiger partial charge is 0.456 e. The number of hydrogen-bond acceptors (Lipinski definition) is 2. The minimum atomic E-state index is 0.746. The molecule has 0 N–H and O–H groups in total. The zero-order valence-electron chi connectivity index (χ0n) is 19.3. The molecule has 36 heavy (non-hydrogen) atoms. The second-order valence-corrected chi connectivity index (χ2v) is 9.46. The first-order valence-electron chi connectivity index (χ1n) is 11.9. The van der Waals surface area contributed by atoms with Crippen LogP contribution in [0.4, 0.5) is 0 Å². The highest BCUT2D eigenvalue weighted by Gasteiger charge is 2.09. The Hall–Kier alpha value is -4.40. The summed E-state index contributed by atoms with van der Waals surface area (Å²) in [6.07, 6.45) is 1.96.